The fourth-order valence-electron chi connectivity index (χ4n) is 2.68. The molecule has 0 aromatic rings. The maximum Gasteiger partial charge on any atom is 0.0120 e. The van der Waals surface area contributed by atoms with E-state index in [9.17, 15) is 0 Å². The number of hydrogen-bond donors (Lipinski definition) is 1. The van der Waals surface area contributed by atoms with E-state index in [2.05, 4.69) is 25.8 Å². The monoisotopic (exact) mass is 198 g/mol. The van der Waals surface area contributed by atoms with Gasteiger partial charge in [0.25, 0.3) is 0 Å². The molecule has 1 aliphatic rings. The van der Waals surface area contributed by atoms with E-state index in [1.165, 1.54) is 19.3 Å². The lowest BCUT2D eigenvalue weighted by atomic mass is 9.77. The molecule has 1 saturated carbocycles. The molecular formula is C12H26N2. The van der Waals surface area contributed by atoms with Crippen LogP contribution in [0.15, 0.2) is 0 Å². The smallest absolute Gasteiger partial charge is 0.0120 e. The zero-order chi connectivity index (χ0) is 10.6. The molecule has 1 fully saturated rings. The Kier molecular flexibility index (Phi) is 4.90. The summed E-state index contributed by atoms with van der Waals surface area (Å²) in [7, 11) is 2.26. The normalized spacial score (nSPS) is 33.6. The summed E-state index contributed by atoms with van der Waals surface area (Å²) < 4.78 is 0. The Hall–Kier alpha value is -0.0800. The average molecular weight is 198 g/mol. The minimum absolute atomic E-state index is 0.797. The molecule has 3 atom stereocenters. The van der Waals surface area contributed by atoms with Crippen LogP contribution in [0.1, 0.15) is 39.5 Å². The maximum atomic E-state index is 5.54. The van der Waals surface area contributed by atoms with Crippen molar-refractivity contribution in [2.75, 3.05) is 20.1 Å². The van der Waals surface area contributed by atoms with Gasteiger partial charge >= 0.3 is 0 Å². The first-order valence-corrected chi connectivity index (χ1v) is 6.07. The zero-order valence-corrected chi connectivity index (χ0v) is 10.00. The first-order valence-electron chi connectivity index (χ1n) is 6.07. The number of nitrogens with two attached hydrogens (primary N) is 1. The van der Waals surface area contributed by atoms with Gasteiger partial charge < -0.3 is 10.6 Å². The molecule has 0 bridgehead atoms. The highest BCUT2D eigenvalue weighted by atomic mass is 15.1. The lowest BCUT2D eigenvalue weighted by Gasteiger charge is -2.39. The maximum absolute atomic E-state index is 5.54. The van der Waals surface area contributed by atoms with Crippen LogP contribution in [0.4, 0.5) is 0 Å². The Morgan fingerprint density at radius 1 is 1.29 bits per heavy atom. The van der Waals surface area contributed by atoms with E-state index < -0.39 is 0 Å². The predicted octanol–water partition coefficient (Wildman–Crippen LogP) is 2.09. The highest BCUT2D eigenvalue weighted by Gasteiger charge is 2.29. The topological polar surface area (TPSA) is 29.3 Å². The average Bonchev–Trinajstić information content (AvgIpc) is 2.18. The summed E-state index contributed by atoms with van der Waals surface area (Å²) >= 11 is 0. The lowest BCUT2D eigenvalue weighted by molar-refractivity contribution is 0.102. The van der Waals surface area contributed by atoms with Gasteiger partial charge in [0, 0.05) is 6.04 Å². The van der Waals surface area contributed by atoms with Gasteiger partial charge in [-0.15, -0.1) is 0 Å². The van der Waals surface area contributed by atoms with Crippen molar-refractivity contribution in [1.82, 2.24) is 4.90 Å². The molecule has 84 valence electrons. The third kappa shape index (κ3) is 2.96. The fraction of sp³-hybridized carbons (Fsp3) is 1.00. The van der Waals surface area contributed by atoms with Gasteiger partial charge in [0.15, 0.2) is 0 Å². The van der Waals surface area contributed by atoms with Gasteiger partial charge in [0.1, 0.15) is 0 Å². The van der Waals surface area contributed by atoms with E-state index >= 15 is 0 Å². The Morgan fingerprint density at radius 2 is 2.00 bits per heavy atom. The molecule has 0 amide bonds. The number of rotatable bonds is 4. The second kappa shape index (κ2) is 5.72. The summed E-state index contributed by atoms with van der Waals surface area (Å²) in [6.07, 6.45) is 5.34. The van der Waals surface area contributed by atoms with Gasteiger partial charge in [-0.3, -0.25) is 0 Å². The molecule has 0 radical (unpaired) electrons. The van der Waals surface area contributed by atoms with Crippen LogP contribution in [0.5, 0.6) is 0 Å². The lowest BCUT2D eigenvalue weighted by Crippen LogP contribution is -2.42. The molecule has 2 nitrogen and oxygen atoms in total. The Balaban J connectivity index is 2.40. The van der Waals surface area contributed by atoms with Crippen LogP contribution in [0.2, 0.25) is 0 Å². The number of hydrogen-bond acceptors (Lipinski definition) is 2. The highest BCUT2D eigenvalue weighted by Crippen LogP contribution is 2.32. The van der Waals surface area contributed by atoms with Gasteiger partial charge in [0.2, 0.25) is 0 Å². The Bertz CT molecular complexity index is 158. The molecule has 0 aromatic carbocycles. The predicted molar refractivity (Wildman–Crippen MR) is 62.3 cm³/mol. The summed E-state index contributed by atoms with van der Waals surface area (Å²) in [5, 5.41) is 0. The van der Waals surface area contributed by atoms with E-state index in [0.717, 1.165) is 37.4 Å². The standard InChI is InChI=1S/C12H26N2/c1-10-6-4-7-12(11(10)2)14(3)9-5-8-13/h10-12H,4-9,13H2,1-3H3. The molecule has 3 unspecified atom stereocenters. The second-order valence-corrected chi connectivity index (χ2v) is 4.96. The van der Waals surface area contributed by atoms with Crippen molar-refractivity contribution < 1.29 is 0 Å². The van der Waals surface area contributed by atoms with Crippen molar-refractivity contribution in [2.45, 2.75) is 45.6 Å². The van der Waals surface area contributed by atoms with Crippen LogP contribution < -0.4 is 5.73 Å². The second-order valence-electron chi connectivity index (χ2n) is 4.96. The SMILES string of the molecule is CC1CCCC(N(C)CCCN)C1C. The first-order chi connectivity index (χ1) is 6.66. The summed E-state index contributed by atoms with van der Waals surface area (Å²) in [6, 6.07) is 0.797. The highest BCUT2D eigenvalue weighted by molar-refractivity contribution is 4.83. The third-order valence-electron chi connectivity index (χ3n) is 3.94. The van der Waals surface area contributed by atoms with Gasteiger partial charge in [0.05, 0.1) is 0 Å². The van der Waals surface area contributed by atoms with Crippen LogP contribution in [0.25, 0.3) is 0 Å². The van der Waals surface area contributed by atoms with Crippen LogP contribution in [-0.2, 0) is 0 Å². The van der Waals surface area contributed by atoms with E-state index in [0.29, 0.717) is 0 Å². The van der Waals surface area contributed by atoms with Crippen LogP contribution in [-0.4, -0.2) is 31.1 Å². The minimum Gasteiger partial charge on any atom is -0.330 e. The molecule has 2 heteroatoms. The van der Waals surface area contributed by atoms with E-state index in [1.807, 2.05) is 0 Å². The summed E-state index contributed by atoms with van der Waals surface area (Å²) in [6.45, 7) is 6.79. The molecule has 0 spiro atoms. The van der Waals surface area contributed by atoms with Crippen LogP contribution in [0, 0.1) is 11.8 Å². The van der Waals surface area contributed by atoms with E-state index in [4.69, 9.17) is 5.73 Å². The van der Waals surface area contributed by atoms with Crippen LogP contribution >= 0.6 is 0 Å². The quantitative estimate of drug-likeness (QED) is 0.749. The molecule has 0 heterocycles. The van der Waals surface area contributed by atoms with E-state index in [1.54, 1.807) is 0 Å². The van der Waals surface area contributed by atoms with Gasteiger partial charge in [-0.2, -0.15) is 0 Å². The molecule has 14 heavy (non-hydrogen) atoms. The van der Waals surface area contributed by atoms with Crippen molar-refractivity contribution in [3.05, 3.63) is 0 Å². The Labute approximate surface area is 88.8 Å². The first kappa shape index (κ1) is 12.0. The Morgan fingerprint density at radius 3 is 2.64 bits per heavy atom. The van der Waals surface area contributed by atoms with Crippen molar-refractivity contribution in [3.63, 3.8) is 0 Å². The molecule has 0 saturated heterocycles. The summed E-state index contributed by atoms with van der Waals surface area (Å²) in [5.74, 6) is 1.75. The largest absolute Gasteiger partial charge is 0.330 e. The van der Waals surface area contributed by atoms with Crippen molar-refractivity contribution in [2.24, 2.45) is 17.6 Å². The molecule has 0 aliphatic heterocycles. The third-order valence-corrected chi connectivity index (χ3v) is 3.94. The zero-order valence-electron chi connectivity index (χ0n) is 10.00. The van der Waals surface area contributed by atoms with Gasteiger partial charge in [-0.1, -0.05) is 26.7 Å². The minimum atomic E-state index is 0.797. The van der Waals surface area contributed by atoms with E-state index in [-0.39, 0.29) is 0 Å². The molecule has 0 aromatic heterocycles. The van der Waals surface area contributed by atoms with Crippen LogP contribution in [0.3, 0.4) is 0 Å². The summed E-state index contributed by atoms with van der Waals surface area (Å²) in [5.41, 5.74) is 5.54. The summed E-state index contributed by atoms with van der Waals surface area (Å²) in [4.78, 5) is 2.52. The molecule has 1 aliphatic carbocycles. The van der Waals surface area contributed by atoms with Gasteiger partial charge in [-0.25, -0.2) is 0 Å². The van der Waals surface area contributed by atoms with Crippen molar-refractivity contribution in [1.29, 1.82) is 0 Å². The molecular weight excluding hydrogens is 172 g/mol. The molecule has 2 N–H and O–H groups in total. The van der Waals surface area contributed by atoms with Crippen molar-refractivity contribution in [3.8, 4) is 0 Å². The number of nitrogens with zero attached hydrogens (tertiary/aromatic N) is 1. The molecule has 1 rings (SSSR count). The fourth-order valence-corrected chi connectivity index (χ4v) is 2.68. The van der Waals surface area contributed by atoms with Gasteiger partial charge in [-0.05, 0) is 44.8 Å². The van der Waals surface area contributed by atoms with Crippen molar-refractivity contribution >= 4 is 0 Å².